The summed E-state index contributed by atoms with van der Waals surface area (Å²) in [7, 11) is 0. The number of aromatic hydroxyl groups is 1. The summed E-state index contributed by atoms with van der Waals surface area (Å²) in [4.78, 5) is 44.4. The number of hydrogen-bond donors (Lipinski definition) is 5. The molecule has 0 aliphatic heterocycles. The second-order valence-corrected chi connectivity index (χ2v) is 7.84. The summed E-state index contributed by atoms with van der Waals surface area (Å²) in [5.41, 5.74) is 12.9. The molecule has 0 saturated carbocycles. The number of carbonyl (C=O) groups excluding carboxylic acids is 3. The molecule has 2 aromatic carbocycles. The highest BCUT2D eigenvalue weighted by Crippen LogP contribution is 2.19. The van der Waals surface area contributed by atoms with Crippen molar-refractivity contribution in [2.24, 2.45) is 11.5 Å². The van der Waals surface area contributed by atoms with E-state index in [-0.39, 0.29) is 36.4 Å². The van der Waals surface area contributed by atoms with Crippen LogP contribution < -0.4 is 26.8 Å². The summed E-state index contributed by atoms with van der Waals surface area (Å²) in [6.45, 7) is 0.306. The number of primary amides is 1. The van der Waals surface area contributed by atoms with Crippen LogP contribution in [0.15, 0.2) is 48.5 Å². The number of rotatable bonds is 12. The maximum atomic E-state index is 12.5. The molecule has 3 rings (SSSR count). The number of nitrogens with zero attached hydrogens (tertiary/aromatic N) is 2. The standard InChI is InChI=1S/C24H28N6O5/c25-17(13-15-7-9-16(31)10-8-15)22(33)27-11-3-4-12-35-24-21(23(34)28-14-20(26)32)29-18-5-1-2-6-19(18)30-24/h1-2,5-10,17,31H,3-4,11-14,25H2,(H2,26,32)(H,27,33)(H,28,34). The molecule has 3 amide bonds. The highest BCUT2D eigenvalue weighted by atomic mass is 16.5. The topological polar surface area (TPSA) is 183 Å². The monoisotopic (exact) mass is 480 g/mol. The van der Waals surface area contributed by atoms with Gasteiger partial charge in [-0.2, -0.15) is 0 Å². The van der Waals surface area contributed by atoms with Gasteiger partial charge in [-0.3, -0.25) is 14.4 Å². The number of phenolic OH excluding ortho intramolecular Hbond substituents is 1. The highest BCUT2D eigenvalue weighted by molar-refractivity contribution is 5.98. The Labute approximate surface area is 201 Å². The van der Waals surface area contributed by atoms with Crippen LogP contribution in [0, 0.1) is 0 Å². The van der Waals surface area contributed by atoms with Crippen LogP contribution in [0.25, 0.3) is 11.0 Å². The third-order valence-electron chi connectivity index (χ3n) is 5.01. The van der Waals surface area contributed by atoms with E-state index in [2.05, 4.69) is 20.6 Å². The van der Waals surface area contributed by atoms with Gasteiger partial charge in [0.1, 0.15) is 5.75 Å². The number of para-hydroxylation sites is 2. The number of aromatic nitrogens is 2. The third-order valence-corrected chi connectivity index (χ3v) is 5.01. The first-order chi connectivity index (χ1) is 16.8. The van der Waals surface area contributed by atoms with Crippen LogP contribution in [0.2, 0.25) is 0 Å². The summed E-state index contributed by atoms with van der Waals surface area (Å²) in [5, 5.41) is 14.5. The molecule has 3 aromatic rings. The molecule has 11 heteroatoms. The molecule has 0 saturated heterocycles. The number of benzene rings is 2. The van der Waals surface area contributed by atoms with Crippen molar-refractivity contribution in [2.75, 3.05) is 19.7 Å². The van der Waals surface area contributed by atoms with E-state index in [4.69, 9.17) is 16.2 Å². The van der Waals surface area contributed by atoms with Crippen LogP contribution in [0.3, 0.4) is 0 Å². The van der Waals surface area contributed by atoms with Crippen LogP contribution in [-0.4, -0.2) is 58.5 Å². The van der Waals surface area contributed by atoms with Crippen LogP contribution >= 0.6 is 0 Å². The molecule has 0 aliphatic carbocycles. The molecule has 0 radical (unpaired) electrons. The number of hydrogen-bond acceptors (Lipinski definition) is 8. The fourth-order valence-corrected chi connectivity index (χ4v) is 3.20. The number of fused-ring (bicyclic) bond motifs is 1. The minimum Gasteiger partial charge on any atom is -0.508 e. The maximum Gasteiger partial charge on any atom is 0.275 e. The van der Waals surface area contributed by atoms with Crippen molar-refractivity contribution in [3.63, 3.8) is 0 Å². The molecule has 1 aromatic heterocycles. The molecule has 1 atom stereocenters. The molecule has 1 heterocycles. The molecule has 0 bridgehead atoms. The van der Waals surface area contributed by atoms with Crippen LogP contribution in [0.4, 0.5) is 0 Å². The SMILES string of the molecule is NC(=O)CNC(=O)c1nc2ccccc2nc1OCCCCNC(=O)C(N)Cc1ccc(O)cc1. The average Bonchev–Trinajstić information content (AvgIpc) is 2.85. The molecular formula is C24H28N6O5. The van der Waals surface area contributed by atoms with E-state index < -0.39 is 17.9 Å². The maximum absolute atomic E-state index is 12.5. The molecule has 184 valence electrons. The predicted octanol–water partition coefficient (Wildman–Crippen LogP) is 0.396. The molecule has 7 N–H and O–H groups in total. The van der Waals surface area contributed by atoms with Crippen molar-refractivity contribution >= 4 is 28.8 Å². The van der Waals surface area contributed by atoms with Gasteiger partial charge >= 0.3 is 0 Å². The van der Waals surface area contributed by atoms with E-state index in [1.54, 1.807) is 48.5 Å². The number of amides is 3. The largest absolute Gasteiger partial charge is 0.508 e. The number of nitrogens with one attached hydrogen (secondary N) is 2. The Morgan fingerprint density at radius 3 is 2.34 bits per heavy atom. The molecule has 0 aliphatic rings. The van der Waals surface area contributed by atoms with E-state index in [0.29, 0.717) is 36.8 Å². The van der Waals surface area contributed by atoms with Crippen molar-refractivity contribution in [2.45, 2.75) is 25.3 Å². The zero-order valence-corrected chi connectivity index (χ0v) is 19.1. The first-order valence-corrected chi connectivity index (χ1v) is 11.1. The van der Waals surface area contributed by atoms with Crippen LogP contribution in [0.5, 0.6) is 11.6 Å². The number of ether oxygens (including phenoxy) is 1. The van der Waals surface area contributed by atoms with Gasteiger partial charge in [-0.15, -0.1) is 0 Å². The van der Waals surface area contributed by atoms with E-state index >= 15 is 0 Å². The Bertz CT molecular complexity index is 1180. The summed E-state index contributed by atoms with van der Waals surface area (Å²) in [5.74, 6) is -1.37. The first-order valence-electron chi connectivity index (χ1n) is 11.1. The Morgan fingerprint density at radius 1 is 0.971 bits per heavy atom. The lowest BCUT2D eigenvalue weighted by molar-refractivity contribution is -0.122. The summed E-state index contributed by atoms with van der Waals surface area (Å²) < 4.78 is 5.71. The Morgan fingerprint density at radius 2 is 1.66 bits per heavy atom. The van der Waals surface area contributed by atoms with Gasteiger partial charge in [0.15, 0.2) is 5.69 Å². The van der Waals surface area contributed by atoms with Gasteiger partial charge in [0, 0.05) is 6.54 Å². The summed E-state index contributed by atoms with van der Waals surface area (Å²) >= 11 is 0. The van der Waals surface area contributed by atoms with Crippen molar-refractivity contribution in [3.05, 3.63) is 59.8 Å². The van der Waals surface area contributed by atoms with E-state index in [1.165, 1.54) is 0 Å². The number of nitrogens with two attached hydrogens (primary N) is 2. The molecule has 1 unspecified atom stereocenters. The second-order valence-electron chi connectivity index (χ2n) is 7.84. The van der Waals surface area contributed by atoms with Crippen LogP contribution in [-0.2, 0) is 16.0 Å². The third kappa shape index (κ3) is 7.64. The fourth-order valence-electron chi connectivity index (χ4n) is 3.20. The lowest BCUT2D eigenvalue weighted by Crippen LogP contribution is -2.42. The average molecular weight is 481 g/mol. The van der Waals surface area contributed by atoms with Gasteiger partial charge < -0.3 is 31.9 Å². The van der Waals surface area contributed by atoms with Crippen molar-refractivity contribution in [3.8, 4) is 11.6 Å². The number of phenols is 1. The second kappa shape index (κ2) is 12.3. The van der Waals surface area contributed by atoms with E-state index in [0.717, 1.165) is 5.56 Å². The molecule has 0 spiro atoms. The summed E-state index contributed by atoms with van der Waals surface area (Å²) in [6.07, 6.45) is 1.54. The molecular weight excluding hydrogens is 452 g/mol. The van der Waals surface area contributed by atoms with E-state index in [1.807, 2.05) is 0 Å². The quantitative estimate of drug-likeness (QED) is 0.231. The zero-order valence-electron chi connectivity index (χ0n) is 19.1. The highest BCUT2D eigenvalue weighted by Gasteiger charge is 2.18. The number of carbonyl (C=O) groups is 3. The van der Waals surface area contributed by atoms with Gasteiger partial charge in [-0.05, 0) is 49.1 Å². The van der Waals surface area contributed by atoms with E-state index in [9.17, 15) is 19.5 Å². The molecule has 35 heavy (non-hydrogen) atoms. The predicted molar refractivity (Wildman–Crippen MR) is 129 cm³/mol. The normalized spacial score (nSPS) is 11.6. The minimum absolute atomic E-state index is 0.0431. The van der Waals surface area contributed by atoms with Crippen molar-refractivity contribution in [1.82, 2.24) is 20.6 Å². The van der Waals surface area contributed by atoms with Crippen molar-refractivity contribution < 1.29 is 24.2 Å². The first kappa shape index (κ1) is 25.4. The fraction of sp³-hybridized carbons (Fsp3) is 0.292. The Hall–Kier alpha value is -4.25. The lowest BCUT2D eigenvalue weighted by atomic mass is 10.1. The van der Waals surface area contributed by atoms with Gasteiger partial charge in [-0.25, -0.2) is 9.97 Å². The van der Waals surface area contributed by atoms with Crippen molar-refractivity contribution in [1.29, 1.82) is 0 Å². The van der Waals surface area contributed by atoms with Gasteiger partial charge in [-0.1, -0.05) is 24.3 Å². The van der Waals surface area contributed by atoms with Crippen LogP contribution in [0.1, 0.15) is 28.9 Å². The lowest BCUT2D eigenvalue weighted by Gasteiger charge is -2.13. The summed E-state index contributed by atoms with van der Waals surface area (Å²) in [6, 6.07) is 12.9. The van der Waals surface area contributed by atoms with Gasteiger partial charge in [0.05, 0.1) is 30.2 Å². The molecule has 0 fully saturated rings. The van der Waals surface area contributed by atoms with Gasteiger partial charge in [0.25, 0.3) is 5.91 Å². The number of unbranched alkanes of at least 4 members (excludes halogenated alkanes) is 1. The van der Waals surface area contributed by atoms with Gasteiger partial charge in [0.2, 0.25) is 17.7 Å². The zero-order chi connectivity index (χ0) is 25.2. The Balaban J connectivity index is 1.48. The Kier molecular flexibility index (Phi) is 8.90. The molecule has 11 nitrogen and oxygen atoms in total. The minimum atomic E-state index is -0.704. The smallest absolute Gasteiger partial charge is 0.275 e.